The molecular weight excluding hydrogens is 645 g/mol. The number of methoxy groups -OCH3 is 1. The van der Waals surface area contributed by atoms with Crippen LogP contribution in [0.4, 0.5) is 5.69 Å². The van der Waals surface area contributed by atoms with Crippen LogP contribution >= 0.6 is 23.2 Å². The van der Waals surface area contributed by atoms with Crippen molar-refractivity contribution >= 4 is 50.7 Å². The Balaban J connectivity index is 1.86. The Hall–Kier alpha value is -4.05. The van der Waals surface area contributed by atoms with Crippen molar-refractivity contribution < 1.29 is 22.7 Å². The van der Waals surface area contributed by atoms with Crippen molar-refractivity contribution in [1.82, 2.24) is 10.2 Å². The second-order valence-electron chi connectivity index (χ2n) is 10.8. The van der Waals surface area contributed by atoms with Crippen LogP contribution in [0.1, 0.15) is 31.4 Å². The predicted octanol–water partition coefficient (Wildman–Crippen LogP) is 6.75. The van der Waals surface area contributed by atoms with Gasteiger partial charge in [-0.25, -0.2) is 8.42 Å². The van der Waals surface area contributed by atoms with Crippen LogP contribution in [0, 0.1) is 0 Å². The van der Waals surface area contributed by atoms with Gasteiger partial charge in [-0.05, 0) is 60.9 Å². The van der Waals surface area contributed by atoms with Crippen LogP contribution in [0.3, 0.4) is 0 Å². The van der Waals surface area contributed by atoms with E-state index in [0.29, 0.717) is 17.0 Å². The molecule has 0 fully saturated rings. The summed E-state index contributed by atoms with van der Waals surface area (Å²) in [4.78, 5) is 29.9. The molecule has 242 valence electrons. The van der Waals surface area contributed by atoms with Crippen molar-refractivity contribution in [2.45, 2.75) is 50.2 Å². The van der Waals surface area contributed by atoms with Crippen LogP contribution < -0.4 is 14.4 Å². The molecule has 8 nitrogen and oxygen atoms in total. The van der Waals surface area contributed by atoms with E-state index in [2.05, 4.69) is 5.32 Å². The van der Waals surface area contributed by atoms with Gasteiger partial charge in [0.25, 0.3) is 10.0 Å². The van der Waals surface area contributed by atoms with E-state index in [1.165, 1.54) is 36.3 Å². The van der Waals surface area contributed by atoms with E-state index in [4.69, 9.17) is 27.9 Å². The first-order valence-corrected chi connectivity index (χ1v) is 17.0. The fourth-order valence-electron chi connectivity index (χ4n) is 4.90. The number of nitrogens with zero attached hydrogens (tertiary/aromatic N) is 2. The average molecular weight is 683 g/mol. The number of nitrogens with one attached hydrogen (secondary N) is 1. The minimum atomic E-state index is -4.32. The number of halogens is 2. The molecule has 0 aliphatic heterocycles. The lowest BCUT2D eigenvalue weighted by Gasteiger charge is -2.34. The smallest absolute Gasteiger partial charge is 0.264 e. The van der Waals surface area contributed by atoms with E-state index >= 15 is 0 Å². The van der Waals surface area contributed by atoms with Crippen LogP contribution in [0.5, 0.6) is 5.75 Å². The second kappa shape index (κ2) is 16.0. The first-order chi connectivity index (χ1) is 22.0. The van der Waals surface area contributed by atoms with Gasteiger partial charge >= 0.3 is 0 Å². The summed E-state index contributed by atoms with van der Waals surface area (Å²) in [5.74, 6) is -0.789. The van der Waals surface area contributed by atoms with Crippen LogP contribution in [0.25, 0.3) is 0 Å². The Kier molecular flexibility index (Phi) is 12.1. The highest BCUT2D eigenvalue weighted by atomic mass is 35.5. The molecule has 2 amide bonds. The molecule has 2 unspecified atom stereocenters. The third-order valence-electron chi connectivity index (χ3n) is 7.59. The van der Waals surface area contributed by atoms with Gasteiger partial charge in [-0.1, -0.05) is 96.9 Å². The zero-order chi connectivity index (χ0) is 33.3. The van der Waals surface area contributed by atoms with E-state index in [1.807, 2.05) is 44.2 Å². The first kappa shape index (κ1) is 34.8. The molecule has 1 N–H and O–H groups in total. The van der Waals surface area contributed by atoms with Crippen LogP contribution in [0.2, 0.25) is 10.0 Å². The van der Waals surface area contributed by atoms with Crippen molar-refractivity contribution in [3.63, 3.8) is 0 Å². The number of rotatable bonds is 14. The summed E-state index contributed by atoms with van der Waals surface area (Å²) < 4.78 is 34.9. The highest BCUT2D eigenvalue weighted by Gasteiger charge is 2.36. The van der Waals surface area contributed by atoms with E-state index < -0.39 is 28.5 Å². The first-order valence-electron chi connectivity index (χ1n) is 14.8. The summed E-state index contributed by atoms with van der Waals surface area (Å²) in [5.41, 5.74) is 1.51. The minimum Gasteiger partial charge on any atom is -0.495 e. The van der Waals surface area contributed by atoms with Gasteiger partial charge in [-0.3, -0.25) is 13.9 Å². The summed E-state index contributed by atoms with van der Waals surface area (Å²) in [7, 11) is -2.92. The van der Waals surface area contributed by atoms with Gasteiger partial charge < -0.3 is 15.0 Å². The van der Waals surface area contributed by atoms with Crippen molar-refractivity contribution in [1.29, 1.82) is 0 Å². The monoisotopic (exact) mass is 681 g/mol. The number of amides is 2. The molecule has 46 heavy (non-hydrogen) atoms. The van der Waals surface area contributed by atoms with E-state index in [9.17, 15) is 18.0 Å². The summed E-state index contributed by atoms with van der Waals surface area (Å²) in [6.45, 7) is 3.14. The fraction of sp³-hybridized carbons (Fsp3) is 0.257. The number of hydrogen-bond acceptors (Lipinski definition) is 5. The molecule has 0 radical (unpaired) electrons. The number of sulfonamides is 1. The normalized spacial score (nSPS) is 12.5. The molecule has 0 saturated heterocycles. The van der Waals surface area contributed by atoms with Crippen LogP contribution in [-0.2, 0) is 32.6 Å². The molecule has 4 aromatic rings. The summed E-state index contributed by atoms with van der Waals surface area (Å²) >= 11 is 12.9. The Bertz CT molecular complexity index is 1740. The zero-order valence-electron chi connectivity index (χ0n) is 25.9. The highest BCUT2D eigenvalue weighted by Crippen LogP contribution is 2.35. The summed E-state index contributed by atoms with van der Waals surface area (Å²) in [6.07, 6.45) is 0.866. The van der Waals surface area contributed by atoms with E-state index in [-0.39, 0.29) is 46.3 Å². The van der Waals surface area contributed by atoms with Crippen molar-refractivity contribution in [2.24, 2.45) is 0 Å². The average Bonchev–Trinajstić information content (AvgIpc) is 3.06. The van der Waals surface area contributed by atoms with Gasteiger partial charge in [-0.2, -0.15) is 0 Å². The number of benzene rings is 4. The quantitative estimate of drug-likeness (QED) is 0.159. The number of ether oxygens (including phenoxy) is 1. The van der Waals surface area contributed by atoms with E-state index in [0.717, 1.165) is 9.87 Å². The van der Waals surface area contributed by atoms with Gasteiger partial charge in [0.1, 0.15) is 18.3 Å². The Morgan fingerprint density at radius 3 is 2.15 bits per heavy atom. The Morgan fingerprint density at radius 2 is 1.52 bits per heavy atom. The molecule has 0 aliphatic rings. The summed E-state index contributed by atoms with van der Waals surface area (Å²) in [5, 5.41) is 3.68. The fourth-order valence-corrected chi connectivity index (χ4v) is 6.70. The molecule has 11 heteroatoms. The molecule has 4 aromatic carbocycles. The van der Waals surface area contributed by atoms with Gasteiger partial charge in [0.15, 0.2) is 0 Å². The standard InChI is InChI=1S/C35H37Cl2N3O5S/c1-4-25(2)38-35(42)32(21-26-13-7-5-8-14-26)39(23-27-15-11-12-18-30(27)37)34(41)24-40(31-22-28(36)19-20-33(31)45-3)46(43,44)29-16-9-6-10-17-29/h5-20,22,25,32H,4,21,23-24H2,1-3H3,(H,38,42). The highest BCUT2D eigenvalue weighted by molar-refractivity contribution is 7.92. The lowest BCUT2D eigenvalue weighted by atomic mass is 10.0. The molecule has 0 spiro atoms. The van der Waals surface area contributed by atoms with Gasteiger partial charge in [0.05, 0.1) is 17.7 Å². The molecule has 0 bridgehead atoms. The Labute approximate surface area is 280 Å². The SMILES string of the molecule is CCC(C)NC(=O)C(Cc1ccccc1)N(Cc1ccccc1Cl)C(=O)CN(c1cc(Cl)ccc1OC)S(=O)(=O)c1ccccc1. The number of carbonyl (C=O) groups excluding carboxylic acids is 2. The molecule has 0 aliphatic carbocycles. The minimum absolute atomic E-state index is 0.0298. The van der Waals surface area contributed by atoms with Gasteiger partial charge in [0.2, 0.25) is 11.8 Å². The maximum absolute atomic E-state index is 14.6. The van der Waals surface area contributed by atoms with Gasteiger partial charge in [-0.15, -0.1) is 0 Å². The van der Waals surface area contributed by atoms with Gasteiger partial charge in [0, 0.05) is 29.1 Å². The van der Waals surface area contributed by atoms with Crippen molar-refractivity contribution in [3.8, 4) is 5.75 Å². The predicted molar refractivity (Wildman–Crippen MR) is 183 cm³/mol. The third-order valence-corrected chi connectivity index (χ3v) is 9.97. The summed E-state index contributed by atoms with van der Waals surface area (Å²) in [6, 6.07) is 27.6. The van der Waals surface area contributed by atoms with Crippen molar-refractivity contribution in [2.75, 3.05) is 18.0 Å². The Morgan fingerprint density at radius 1 is 0.891 bits per heavy atom. The number of anilines is 1. The maximum Gasteiger partial charge on any atom is 0.264 e. The van der Waals surface area contributed by atoms with Crippen LogP contribution in [0.15, 0.2) is 108 Å². The molecular formula is C35H37Cl2N3O5S. The molecule has 0 heterocycles. The molecule has 4 rings (SSSR count). The second-order valence-corrected chi connectivity index (χ2v) is 13.5. The van der Waals surface area contributed by atoms with Crippen molar-refractivity contribution in [3.05, 3.63) is 124 Å². The maximum atomic E-state index is 14.6. The number of hydrogen-bond donors (Lipinski definition) is 1. The molecule has 0 aromatic heterocycles. The van der Waals surface area contributed by atoms with E-state index in [1.54, 1.807) is 48.5 Å². The third kappa shape index (κ3) is 8.60. The topological polar surface area (TPSA) is 96.0 Å². The molecule has 0 saturated carbocycles. The largest absolute Gasteiger partial charge is 0.495 e. The lowest BCUT2D eigenvalue weighted by molar-refractivity contribution is -0.140. The zero-order valence-corrected chi connectivity index (χ0v) is 28.2. The van der Waals surface area contributed by atoms with Crippen LogP contribution in [-0.4, -0.2) is 50.9 Å². The number of carbonyl (C=O) groups is 2. The molecule has 2 atom stereocenters. The lowest BCUT2D eigenvalue weighted by Crippen LogP contribution is -2.54.